The second kappa shape index (κ2) is 4.39. The van der Waals surface area contributed by atoms with Crippen LogP contribution in [-0.4, -0.2) is 44.6 Å². The molecule has 0 amide bonds. The Balaban J connectivity index is 4.07. The molecule has 0 heterocycles. The SMILES string of the molecule is CN(C)NCCS(=O)(=O)C(C)(C)C. The molecule has 0 unspecified atom stereocenters. The Morgan fingerprint density at radius 3 is 2.00 bits per heavy atom. The van der Waals surface area contributed by atoms with Crippen LogP contribution in [-0.2, 0) is 9.84 Å². The van der Waals surface area contributed by atoms with Crippen molar-refractivity contribution in [2.45, 2.75) is 25.5 Å². The first kappa shape index (κ1) is 12.9. The van der Waals surface area contributed by atoms with Gasteiger partial charge in [0.15, 0.2) is 9.84 Å². The van der Waals surface area contributed by atoms with Gasteiger partial charge in [-0.15, -0.1) is 0 Å². The zero-order valence-corrected chi connectivity index (χ0v) is 9.90. The van der Waals surface area contributed by atoms with Crippen molar-refractivity contribution in [3.8, 4) is 0 Å². The summed E-state index contributed by atoms with van der Waals surface area (Å²) in [5.41, 5.74) is 2.93. The van der Waals surface area contributed by atoms with Gasteiger partial charge in [-0.25, -0.2) is 8.42 Å². The van der Waals surface area contributed by atoms with E-state index in [1.54, 1.807) is 25.8 Å². The minimum atomic E-state index is -2.98. The largest absolute Gasteiger partial charge is 0.255 e. The number of nitrogens with zero attached hydrogens (tertiary/aromatic N) is 1. The molecule has 0 aromatic rings. The van der Waals surface area contributed by atoms with Crippen molar-refractivity contribution in [1.29, 1.82) is 0 Å². The summed E-state index contributed by atoms with van der Waals surface area (Å²) in [5.74, 6) is 0.175. The van der Waals surface area contributed by atoms with Crippen LogP contribution < -0.4 is 5.43 Å². The molecule has 0 rings (SSSR count). The lowest BCUT2D eigenvalue weighted by Gasteiger charge is -2.20. The van der Waals surface area contributed by atoms with Crippen LogP contribution in [0.1, 0.15) is 20.8 Å². The van der Waals surface area contributed by atoms with Crippen LogP contribution in [0.2, 0.25) is 0 Å². The molecular formula is C8H20N2O2S. The Labute approximate surface area is 81.2 Å². The van der Waals surface area contributed by atoms with Crippen molar-refractivity contribution >= 4 is 9.84 Å². The van der Waals surface area contributed by atoms with E-state index in [9.17, 15) is 8.42 Å². The van der Waals surface area contributed by atoms with Gasteiger partial charge >= 0.3 is 0 Å². The van der Waals surface area contributed by atoms with Crippen LogP contribution in [0, 0.1) is 0 Å². The molecule has 5 heteroatoms. The fraction of sp³-hybridized carbons (Fsp3) is 1.00. The van der Waals surface area contributed by atoms with Crippen molar-refractivity contribution in [2.24, 2.45) is 0 Å². The van der Waals surface area contributed by atoms with E-state index < -0.39 is 14.6 Å². The number of hydrazine groups is 1. The third-order valence-corrected chi connectivity index (χ3v) is 4.34. The molecule has 0 aromatic heterocycles. The molecule has 0 saturated heterocycles. The molecule has 13 heavy (non-hydrogen) atoms. The fourth-order valence-corrected chi connectivity index (χ4v) is 1.68. The first-order chi connectivity index (χ1) is 5.67. The highest BCUT2D eigenvalue weighted by Gasteiger charge is 2.27. The van der Waals surface area contributed by atoms with E-state index in [2.05, 4.69) is 5.43 Å². The zero-order valence-electron chi connectivity index (χ0n) is 9.09. The Morgan fingerprint density at radius 2 is 1.69 bits per heavy atom. The van der Waals surface area contributed by atoms with Gasteiger partial charge in [-0.2, -0.15) is 0 Å². The minimum absolute atomic E-state index is 0.175. The molecule has 1 N–H and O–H groups in total. The number of hydrogen-bond acceptors (Lipinski definition) is 4. The molecule has 0 aromatic carbocycles. The molecule has 0 aliphatic heterocycles. The fourth-order valence-electron chi connectivity index (χ4n) is 0.710. The maximum absolute atomic E-state index is 11.6. The summed E-state index contributed by atoms with van der Waals surface area (Å²) >= 11 is 0. The van der Waals surface area contributed by atoms with Crippen molar-refractivity contribution in [2.75, 3.05) is 26.4 Å². The van der Waals surface area contributed by atoms with E-state index in [1.165, 1.54) is 0 Å². The lowest BCUT2D eigenvalue weighted by Crippen LogP contribution is -2.38. The highest BCUT2D eigenvalue weighted by atomic mass is 32.2. The predicted molar refractivity (Wildman–Crippen MR) is 55.2 cm³/mol. The summed E-state index contributed by atoms with van der Waals surface area (Å²) in [4.78, 5) is 0. The highest BCUT2D eigenvalue weighted by Crippen LogP contribution is 2.14. The third-order valence-electron chi connectivity index (χ3n) is 1.73. The minimum Gasteiger partial charge on any atom is -0.255 e. The van der Waals surface area contributed by atoms with E-state index in [0.29, 0.717) is 6.54 Å². The van der Waals surface area contributed by atoms with E-state index in [4.69, 9.17) is 0 Å². The van der Waals surface area contributed by atoms with Gasteiger partial charge in [-0.3, -0.25) is 10.4 Å². The maximum atomic E-state index is 11.6. The summed E-state index contributed by atoms with van der Waals surface area (Å²) < 4.78 is 22.5. The van der Waals surface area contributed by atoms with Gasteiger partial charge in [0.25, 0.3) is 0 Å². The number of sulfone groups is 1. The van der Waals surface area contributed by atoms with E-state index >= 15 is 0 Å². The lowest BCUT2D eigenvalue weighted by atomic mass is 10.3. The van der Waals surface area contributed by atoms with Crippen LogP contribution in [0.15, 0.2) is 0 Å². The summed E-state index contributed by atoms with van der Waals surface area (Å²) in [6.07, 6.45) is 0. The molecule has 80 valence electrons. The van der Waals surface area contributed by atoms with E-state index in [-0.39, 0.29) is 5.75 Å². The van der Waals surface area contributed by atoms with Crippen molar-refractivity contribution in [3.05, 3.63) is 0 Å². The van der Waals surface area contributed by atoms with Gasteiger partial charge in [0.1, 0.15) is 0 Å². The summed E-state index contributed by atoms with van der Waals surface area (Å²) in [5, 5.41) is 1.75. The van der Waals surface area contributed by atoms with E-state index in [0.717, 1.165) is 0 Å². The normalized spacial score (nSPS) is 13.7. The average Bonchev–Trinajstić information content (AvgIpc) is 1.82. The predicted octanol–water partition coefficient (Wildman–Crippen LogP) is 0.266. The molecular weight excluding hydrogens is 188 g/mol. The maximum Gasteiger partial charge on any atom is 0.156 e. The van der Waals surface area contributed by atoms with Crippen LogP contribution in [0.25, 0.3) is 0 Å². The first-order valence-corrected chi connectivity index (χ1v) is 5.95. The number of nitrogens with one attached hydrogen (secondary N) is 1. The summed E-state index contributed by atoms with van der Waals surface area (Å²) in [7, 11) is 0.691. The Bertz CT molecular complexity index is 239. The molecule has 0 bridgehead atoms. The zero-order chi connectivity index (χ0) is 10.7. The lowest BCUT2D eigenvalue weighted by molar-refractivity contribution is 0.299. The topological polar surface area (TPSA) is 49.4 Å². The second-order valence-corrected chi connectivity index (χ2v) is 7.10. The molecule has 0 atom stereocenters. The molecule has 0 aliphatic carbocycles. The first-order valence-electron chi connectivity index (χ1n) is 4.30. The van der Waals surface area contributed by atoms with Crippen molar-refractivity contribution < 1.29 is 8.42 Å². The van der Waals surface area contributed by atoms with Gasteiger partial charge < -0.3 is 0 Å². The van der Waals surface area contributed by atoms with Crippen LogP contribution >= 0.6 is 0 Å². The number of rotatable bonds is 4. The van der Waals surface area contributed by atoms with Crippen LogP contribution in [0.3, 0.4) is 0 Å². The quantitative estimate of drug-likeness (QED) is 0.674. The smallest absolute Gasteiger partial charge is 0.156 e. The van der Waals surface area contributed by atoms with Crippen LogP contribution in [0.5, 0.6) is 0 Å². The average molecular weight is 208 g/mol. The summed E-state index contributed by atoms with van der Waals surface area (Å²) in [6.45, 7) is 5.63. The molecule has 0 spiro atoms. The standard InChI is InChI=1S/C8H20N2O2S/c1-8(2,3)13(11,12)7-6-9-10(4)5/h9H,6-7H2,1-5H3. The Kier molecular flexibility index (Phi) is 4.35. The molecule has 0 radical (unpaired) electrons. The van der Waals surface area contributed by atoms with E-state index in [1.807, 2.05) is 14.1 Å². The second-order valence-electron chi connectivity index (χ2n) is 4.23. The van der Waals surface area contributed by atoms with Gasteiger partial charge in [0, 0.05) is 20.6 Å². The monoisotopic (exact) mass is 208 g/mol. The van der Waals surface area contributed by atoms with Crippen LogP contribution in [0.4, 0.5) is 0 Å². The van der Waals surface area contributed by atoms with Gasteiger partial charge in [0.2, 0.25) is 0 Å². The number of hydrogen-bond donors (Lipinski definition) is 1. The van der Waals surface area contributed by atoms with Crippen molar-refractivity contribution in [3.63, 3.8) is 0 Å². The van der Waals surface area contributed by atoms with Gasteiger partial charge in [-0.05, 0) is 20.8 Å². The molecule has 4 nitrogen and oxygen atoms in total. The highest BCUT2D eigenvalue weighted by molar-refractivity contribution is 7.92. The molecule has 0 saturated carbocycles. The van der Waals surface area contributed by atoms with Gasteiger partial charge in [-0.1, -0.05) is 0 Å². The molecule has 0 aliphatic rings. The Hall–Kier alpha value is -0.130. The molecule has 0 fully saturated rings. The Morgan fingerprint density at radius 1 is 1.23 bits per heavy atom. The summed E-state index contributed by atoms with van der Waals surface area (Å²) in [6, 6.07) is 0. The van der Waals surface area contributed by atoms with Crippen molar-refractivity contribution in [1.82, 2.24) is 10.4 Å². The van der Waals surface area contributed by atoms with Gasteiger partial charge in [0.05, 0.1) is 10.5 Å². The third kappa shape index (κ3) is 4.59.